The molecule has 0 radical (unpaired) electrons. The van der Waals surface area contributed by atoms with Crippen LogP contribution in [0, 0.1) is 6.92 Å². The minimum Gasteiger partial charge on any atom is -0.340 e. The second-order valence-electron chi connectivity index (χ2n) is 6.09. The van der Waals surface area contributed by atoms with Crippen LogP contribution < -0.4 is 10.0 Å². The molecule has 23 heavy (non-hydrogen) atoms. The van der Waals surface area contributed by atoms with E-state index in [1.807, 2.05) is 13.0 Å². The standard InChI is InChI=1S/C15H19ClN4O2S/c1-10-9-17-14(16)19-13(10)18-11-6-5-7-12(8-11)20-23(21,22)15(2,3)4/h5-9,20H,1-4H3,(H,17,18,19). The molecule has 0 bridgehead atoms. The van der Waals surface area contributed by atoms with Gasteiger partial charge >= 0.3 is 0 Å². The molecule has 0 atom stereocenters. The number of benzene rings is 1. The predicted octanol–water partition coefficient (Wildman–Crippen LogP) is 3.72. The minimum atomic E-state index is -3.48. The summed E-state index contributed by atoms with van der Waals surface area (Å²) in [5.74, 6) is 0.570. The zero-order chi connectivity index (χ0) is 17.3. The number of aryl methyl sites for hydroxylation is 1. The van der Waals surface area contributed by atoms with Crippen LogP contribution in [0.2, 0.25) is 5.28 Å². The minimum absolute atomic E-state index is 0.141. The van der Waals surface area contributed by atoms with Gasteiger partial charge in [-0.25, -0.2) is 18.4 Å². The summed E-state index contributed by atoms with van der Waals surface area (Å²) >= 11 is 5.80. The maximum atomic E-state index is 12.2. The summed E-state index contributed by atoms with van der Waals surface area (Å²) in [6.07, 6.45) is 1.61. The molecular weight excluding hydrogens is 336 g/mol. The van der Waals surface area contributed by atoms with Crippen LogP contribution in [0.5, 0.6) is 0 Å². The average molecular weight is 355 g/mol. The Morgan fingerprint density at radius 3 is 2.48 bits per heavy atom. The van der Waals surface area contributed by atoms with Crippen molar-refractivity contribution in [3.05, 3.63) is 41.3 Å². The molecule has 1 heterocycles. The van der Waals surface area contributed by atoms with E-state index in [2.05, 4.69) is 20.0 Å². The first kappa shape index (κ1) is 17.5. The fourth-order valence-corrected chi connectivity index (χ4v) is 2.53. The monoisotopic (exact) mass is 354 g/mol. The maximum Gasteiger partial charge on any atom is 0.237 e. The van der Waals surface area contributed by atoms with Crippen LogP contribution in [0.15, 0.2) is 30.5 Å². The Hall–Kier alpha value is -1.86. The number of nitrogens with zero attached hydrogens (tertiary/aromatic N) is 2. The molecular formula is C15H19ClN4O2S. The molecule has 0 saturated heterocycles. The highest BCUT2D eigenvalue weighted by molar-refractivity contribution is 7.94. The zero-order valence-electron chi connectivity index (χ0n) is 13.4. The van der Waals surface area contributed by atoms with Crippen molar-refractivity contribution in [3.63, 3.8) is 0 Å². The van der Waals surface area contributed by atoms with E-state index in [0.717, 1.165) is 5.56 Å². The van der Waals surface area contributed by atoms with Gasteiger partial charge in [0, 0.05) is 17.4 Å². The van der Waals surface area contributed by atoms with Gasteiger partial charge in [-0.1, -0.05) is 6.07 Å². The molecule has 0 saturated carbocycles. The van der Waals surface area contributed by atoms with Crippen molar-refractivity contribution in [2.45, 2.75) is 32.4 Å². The van der Waals surface area contributed by atoms with E-state index in [1.165, 1.54) is 0 Å². The molecule has 2 N–H and O–H groups in total. The van der Waals surface area contributed by atoms with E-state index < -0.39 is 14.8 Å². The number of hydrogen-bond acceptors (Lipinski definition) is 5. The van der Waals surface area contributed by atoms with Crippen LogP contribution in [0.25, 0.3) is 0 Å². The van der Waals surface area contributed by atoms with Crippen molar-refractivity contribution >= 4 is 38.8 Å². The highest BCUT2D eigenvalue weighted by atomic mass is 35.5. The Morgan fingerprint density at radius 2 is 1.83 bits per heavy atom. The fraction of sp³-hybridized carbons (Fsp3) is 0.333. The number of nitrogens with one attached hydrogen (secondary N) is 2. The Balaban J connectivity index is 2.26. The first-order chi connectivity index (χ1) is 10.6. The average Bonchev–Trinajstić information content (AvgIpc) is 2.41. The topological polar surface area (TPSA) is 84.0 Å². The molecule has 0 aliphatic carbocycles. The molecule has 2 aromatic rings. The van der Waals surface area contributed by atoms with E-state index in [9.17, 15) is 8.42 Å². The number of anilines is 3. The smallest absolute Gasteiger partial charge is 0.237 e. The summed E-state index contributed by atoms with van der Waals surface area (Å²) in [5.41, 5.74) is 2.00. The molecule has 0 aliphatic rings. The maximum absolute atomic E-state index is 12.2. The van der Waals surface area contributed by atoms with Gasteiger partial charge in [0.15, 0.2) is 0 Å². The third-order valence-corrected chi connectivity index (χ3v) is 5.42. The van der Waals surface area contributed by atoms with Crippen LogP contribution in [0.4, 0.5) is 17.2 Å². The third-order valence-electron chi connectivity index (χ3n) is 3.13. The molecule has 0 fully saturated rings. The van der Waals surface area contributed by atoms with Crippen molar-refractivity contribution < 1.29 is 8.42 Å². The van der Waals surface area contributed by atoms with Crippen LogP contribution in [0.3, 0.4) is 0 Å². The number of rotatable bonds is 4. The first-order valence-corrected chi connectivity index (χ1v) is 8.83. The lowest BCUT2D eigenvalue weighted by Gasteiger charge is -2.20. The summed E-state index contributed by atoms with van der Waals surface area (Å²) in [5, 5.41) is 3.25. The van der Waals surface area contributed by atoms with E-state index in [4.69, 9.17) is 11.6 Å². The van der Waals surface area contributed by atoms with Crippen LogP contribution >= 0.6 is 11.6 Å². The Kier molecular flexibility index (Phi) is 4.81. The zero-order valence-corrected chi connectivity index (χ0v) is 15.0. The second kappa shape index (κ2) is 6.33. The summed E-state index contributed by atoms with van der Waals surface area (Å²) in [6.45, 7) is 6.78. The van der Waals surface area contributed by atoms with Gasteiger partial charge in [-0.15, -0.1) is 0 Å². The van der Waals surface area contributed by atoms with Gasteiger partial charge < -0.3 is 5.32 Å². The molecule has 1 aromatic carbocycles. The van der Waals surface area contributed by atoms with Crippen molar-refractivity contribution in [1.82, 2.24) is 9.97 Å². The molecule has 0 amide bonds. The summed E-state index contributed by atoms with van der Waals surface area (Å²) < 4.78 is 26.1. The van der Waals surface area contributed by atoms with Crippen molar-refractivity contribution in [2.24, 2.45) is 0 Å². The fourth-order valence-electron chi connectivity index (χ4n) is 1.65. The molecule has 124 valence electrons. The van der Waals surface area contributed by atoms with Gasteiger partial charge in [-0.2, -0.15) is 0 Å². The normalized spacial score (nSPS) is 12.0. The number of hydrogen-bond donors (Lipinski definition) is 2. The van der Waals surface area contributed by atoms with Crippen LogP contribution in [-0.4, -0.2) is 23.1 Å². The molecule has 6 nitrogen and oxygen atoms in total. The Labute approximate surface area is 141 Å². The predicted molar refractivity (Wildman–Crippen MR) is 93.8 cm³/mol. The highest BCUT2D eigenvalue weighted by Gasteiger charge is 2.28. The van der Waals surface area contributed by atoms with Crippen LogP contribution in [-0.2, 0) is 10.0 Å². The lowest BCUT2D eigenvalue weighted by atomic mass is 10.2. The SMILES string of the molecule is Cc1cnc(Cl)nc1Nc1cccc(NS(=O)(=O)C(C)(C)C)c1. The molecule has 0 spiro atoms. The van der Waals surface area contributed by atoms with Gasteiger partial charge in [0.2, 0.25) is 15.3 Å². The van der Waals surface area contributed by atoms with Gasteiger partial charge in [0.25, 0.3) is 0 Å². The molecule has 8 heteroatoms. The third kappa shape index (κ3) is 4.33. The lowest BCUT2D eigenvalue weighted by molar-refractivity contribution is 0.566. The highest BCUT2D eigenvalue weighted by Crippen LogP contribution is 2.24. The second-order valence-corrected chi connectivity index (χ2v) is 8.87. The Morgan fingerprint density at radius 1 is 1.17 bits per heavy atom. The van der Waals surface area contributed by atoms with Gasteiger partial charge in [-0.05, 0) is 57.5 Å². The van der Waals surface area contributed by atoms with E-state index >= 15 is 0 Å². The van der Waals surface area contributed by atoms with Crippen molar-refractivity contribution in [2.75, 3.05) is 10.0 Å². The molecule has 1 aromatic heterocycles. The molecule has 0 aliphatic heterocycles. The number of sulfonamides is 1. The van der Waals surface area contributed by atoms with Crippen molar-refractivity contribution in [1.29, 1.82) is 0 Å². The van der Waals surface area contributed by atoms with Gasteiger partial charge in [0.05, 0.1) is 10.4 Å². The number of halogens is 1. The largest absolute Gasteiger partial charge is 0.340 e. The molecule has 0 unspecified atom stereocenters. The molecule has 2 rings (SSSR count). The summed E-state index contributed by atoms with van der Waals surface area (Å²) in [7, 11) is -3.48. The van der Waals surface area contributed by atoms with E-state index in [1.54, 1.807) is 45.2 Å². The lowest BCUT2D eigenvalue weighted by Crippen LogP contribution is -2.33. The van der Waals surface area contributed by atoms with E-state index in [0.29, 0.717) is 17.2 Å². The quantitative estimate of drug-likeness (QED) is 0.817. The first-order valence-electron chi connectivity index (χ1n) is 6.97. The van der Waals surface area contributed by atoms with Gasteiger partial charge in [-0.3, -0.25) is 4.72 Å². The van der Waals surface area contributed by atoms with Crippen LogP contribution in [0.1, 0.15) is 26.3 Å². The number of aromatic nitrogens is 2. The van der Waals surface area contributed by atoms with E-state index in [-0.39, 0.29) is 5.28 Å². The summed E-state index contributed by atoms with van der Waals surface area (Å²) in [4.78, 5) is 8.01. The van der Waals surface area contributed by atoms with Gasteiger partial charge in [0.1, 0.15) is 5.82 Å². The summed E-state index contributed by atoms with van der Waals surface area (Å²) in [6, 6.07) is 6.94. The Bertz CT molecular complexity index is 816. The van der Waals surface area contributed by atoms with Crippen molar-refractivity contribution in [3.8, 4) is 0 Å².